The highest BCUT2D eigenvalue weighted by molar-refractivity contribution is 8.01. The highest BCUT2D eigenvalue weighted by Gasteiger charge is 2.24. The highest BCUT2D eigenvalue weighted by Crippen LogP contribution is 2.35. The van der Waals surface area contributed by atoms with Gasteiger partial charge in [-0.2, -0.15) is 0 Å². The Morgan fingerprint density at radius 3 is 2.50 bits per heavy atom. The van der Waals surface area contributed by atoms with Crippen molar-refractivity contribution in [3.05, 3.63) is 27.2 Å². The maximum Gasteiger partial charge on any atom is 0.246 e. The van der Waals surface area contributed by atoms with Crippen molar-refractivity contribution in [3.63, 3.8) is 0 Å². The first-order valence-corrected chi connectivity index (χ1v) is 11.8. The van der Waals surface area contributed by atoms with Gasteiger partial charge in [0.05, 0.1) is 27.0 Å². The standard InChI is InChI=1S/C13H13Cl3N4O3S3/c1-3-24-13-19-18-12(25-13)17-11(21)6-20(26(2,22)23)10-5-8(15)7(14)4-9(10)16/h4-5H,3,6H2,1-2H3,(H,17,18,21). The van der Waals surface area contributed by atoms with Crippen LogP contribution in [-0.4, -0.2) is 43.1 Å². The van der Waals surface area contributed by atoms with E-state index in [0.29, 0.717) is 4.34 Å². The third-order valence-corrected chi connectivity index (χ3v) is 6.87. The van der Waals surface area contributed by atoms with Crippen LogP contribution in [0.3, 0.4) is 0 Å². The molecule has 0 atom stereocenters. The lowest BCUT2D eigenvalue weighted by Crippen LogP contribution is -2.37. The van der Waals surface area contributed by atoms with Crippen molar-refractivity contribution < 1.29 is 13.2 Å². The fraction of sp³-hybridized carbons (Fsp3) is 0.308. The Morgan fingerprint density at radius 1 is 1.23 bits per heavy atom. The molecule has 1 amide bonds. The number of anilines is 2. The van der Waals surface area contributed by atoms with Crippen LogP contribution in [0.2, 0.25) is 15.1 Å². The molecule has 2 aromatic rings. The second-order valence-electron chi connectivity index (χ2n) is 4.84. The van der Waals surface area contributed by atoms with Crippen molar-refractivity contribution in [3.8, 4) is 0 Å². The first-order valence-electron chi connectivity index (χ1n) is 7.00. The summed E-state index contributed by atoms with van der Waals surface area (Å²) < 4.78 is 25.8. The SMILES string of the molecule is CCSc1nnc(NC(=O)CN(c2cc(Cl)c(Cl)cc2Cl)S(C)(=O)=O)s1. The number of thioether (sulfide) groups is 1. The third-order valence-electron chi connectivity index (χ3n) is 2.87. The molecule has 1 aromatic carbocycles. The van der Waals surface area contributed by atoms with E-state index >= 15 is 0 Å². The largest absolute Gasteiger partial charge is 0.299 e. The number of rotatable bonds is 7. The molecule has 1 heterocycles. The second kappa shape index (κ2) is 8.94. The van der Waals surface area contributed by atoms with Gasteiger partial charge in [0.15, 0.2) is 4.34 Å². The van der Waals surface area contributed by atoms with Crippen LogP contribution in [0.15, 0.2) is 16.5 Å². The lowest BCUT2D eigenvalue weighted by Gasteiger charge is -2.23. The molecule has 0 saturated heterocycles. The van der Waals surface area contributed by atoms with Gasteiger partial charge >= 0.3 is 0 Å². The zero-order valence-corrected chi connectivity index (χ0v) is 18.2. The van der Waals surface area contributed by atoms with Crippen molar-refractivity contribution in [1.82, 2.24) is 10.2 Å². The minimum atomic E-state index is -3.81. The normalized spacial score (nSPS) is 11.4. The quantitative estimate of drug-likeness (QED) is 0.369. The topological polar surface area (TPSA) is 92.3 Å². The molecular formula is C13H13Cl3N4O3S3. The Bertz CT molecular complexity index is 921. The van der Waals surface area contributed by atoms with E-state index in [1.54, 1.807) is 0 Å². The number of sulfonamides is 1. The Morgan fingerprint density at radius 2 is 1.88 bits per heavy atom. The Hall–Kier alpha value is -0.780. The minimum Gasteiger partial charge on any atom is -0.299 e. The van der Waals surface area contributed by atoms with Gasteiger partial charge in [-0.25, -0.2) is 8.42 Å². The third kappa shape index (κ3) is 5.61. The number of halogens is 3. The number of nitrogens with one attached hydrogen (secondary N) is 1. The van der Waals surface area contributed by atoms with Crippen molar-refractivity contribution in [2.24, 2.45) is 0 Å². The number of carbonyl (C=O) groups excluding carboxylic acids is 1. The predicted molar refractivity (Wildman–Crippen MR) is 109 cm³/mol. The summed E-state index contributed by atoms with van der Waals surface area (Å²) in [4.78, 5) is 12.3. The number of nitrogens with zero attached hydrogens (tertiary/aromatic N) is 3. The van der Waals surface area contributed by atoms with Gasteiger partial charge in [0, 0.05) is 0 Å². The lowest BCUT2D eigenvalue weighted by molar-refractivity contribution is -0.114. The Labute approximate surface area is 174 Å². The van der Waals surface area contributed by atoms with Crippen LogP contribution in [0.5, 0.6) is 0 Å². The van der Waals surface area contributed by atoms with Crippen molar-refractivity contribution in [2.45, 2.75) is 11.3 Å². The van der Waals surface area contributed by atoms with Crippen LogP contribution in [0.4, 0.5) is 10.8 Å². The van der Waals surface area contributed by atoms with E-state index < -0.39 is 22.5 Å². The van der Waals surface area contributed by atoms with Crippen molar-refractivity contribution in [2.75, 3.05) is 28.2 Å². The fourth-order valence-electron chi connectivity index (χ4n) is 1.82. The summed E-state index contributed by atoms with van der Waals surface area (Å²) in [6.07, 6.45) is 0.958. The van der Waals surface area contributed by atoms with Gasteiger partial charge in [-0.1, -0.05) is 64.8 Å². The number of carbonyl (C=O) groups is 1. The van der Waals surface area contributed by atoms with Crippen LogP contribution in [0.1, 0.15) is 6.92 Å². The van der Waals surface area contributed by atoms with Gasteiger partial charge in [0.1, 0.15) is 6.54 Å². The molecule has 0 aliphatic heterocycles. The van der Waals surface area contributed by atoms with Gasteiger partial charge in [0.25, 0.3) is 0 Å². The maximum atomic E-state index is 12.3. The second-order valence-corrected chi connectivity index (χ2v) is 10.5. The zero-order chi connectivity index (χ0) is 19.5. The van der Waals surface area contributed by atoms with Crippen LogP contribution in [0.25, 0.3) is 0 Å². The van der Waals surface area contributed by atoms with E-state index in [9.17, 15) is 13.2 Å². The molecule has 142 valence electrons. The smallest absolute Gasteiger partial charge is 0.246 e. The van der Waals surface area contributed by atoms with Crippen molar-refractivity contribution >= 4 is 84.7 Å². The maximum absolute atomic E-state index is 12.3. The van der Waals surface area contributed by atoms with Gasteiger partial charge in [-0.05, 0) is 17.9 Å². The highest BCUT2D eigenvalue weighted by atomic mass is 35.5. The molecule has 0 aliphatic rings. The van der Waals surface area contributed by atoms with E-state index in [0.717, 1.165) is 16.3 Å². The molecule has 7 nitrogen and oxygen atoms in total. The first-order chi connectivity index (χ1) is 12.1. The average molecular weight is 476 g/mol. The fourth-order valence-corrected chi connectivity index (χ4v) is 5.03. The summed E-state index contributed by atoms with van der Waals surface area (Å²) >= 11 is 20.6. The first kappa shape index (κ1) is 21.5. The Kier molecular flexibility index (Phi) is 7.40. The monoisotopic (exact) mass is 474 g/mol. The summed E-state index contributed by atoms with van der Waals surface area (Å²) in [6.45, 7) is 1.46. The lowest BCUT2D eigenvalue weighted by atomic mass is 10.3. The van der Waals surface area contributed by atoms with Crippen LogP contribution in [0, 0.1) is 0 Å². The summed E-state index contributed by atoms with van der Waals surface area (Å²) in [6, 6.07) is 2.61. The molecule has 2 rings (SSSR count). The molecular weight excluding hydrogens is 463 g/mol. The predicted octanol–water partition coefficient (Wildman–Crippen LogP) is 4.02. The van der Waals surface area contributed by atoms with Gasteiger partial charge in [0.2, 0.25) is 21.1 Å². The number of hydrogen-bond donors (Lipinski definition) is 1. The molecule has 1 N–H and O–H groups in total. The van der Waals surface area contributed by atoms with Gasteiger partial charge in [-0.15, -0.1) is 10.2 Å². The molecule has 13 heteroatoms. The molecule has 0 aliphatic carbocycles. The van der Waals surface area contributed by atoms with Gasteiger partial charge < -0.3 is 0 Å². The molecule has 0 bridgehead atoms. The van der Waals surface area contributed by atoms with Crippen molar-refractivity contribution in [1.29, 1.82) is 0 Å². The van der Waals surface area contributed by atoms with E-state index in [4.69, 9.17) is 34.8 Å². The molecule has 0 fully saturated rings. The number of benzene rings is 1. The summed E-state index contributed by atoms with van der Waals surface area (Å²) in [5.41, 5.74) is 0.0539. The van der Waals surface area contributed by atoms with Crippen LogP contribution < -0.4 is 9.62 Å². The minimum absolute atomic E-state index is 0.0511. The number of hydrogen-bond acceptors (Lipinski definition) is 7. The van der Waals surface area contributed by atoms with Crippen LogP contribution in [-0.2, 0) is 14.8 Å². The van der Waals surface area contributed by atoms with E-state index in [1.165, 1.54) is 35.2 Å². The summed E-state index contributed by atoms with van der Waals surface area (Å²) in [5, 5.41) is 10.9. The van der Waals surface area contributed by atoms with E-state index in [-0.39, 0.29) is 25.9 Å². The summed E-state index contributed by atoms with van der Waals surface area (Å²) in [7, 11) is -3.81. The van der Waals surface area contributed by atoms with Gasteiger partial charge in [-0.3, -0.25) is 14.4 Å². The zero-order valence-electron chi connectivity index (χ0n) is 13.5. The number of aromatic nitrogens is 2. The number of amides is 1. The molecule has 26 heavy (non-hydrogen) atoms. The average Bonchev–Trinajstić information content (AvgIpc) is 2.95. The summed E-state index contributed by atoms with van der Waals surface area (Å²) in [5.74, 6) is 0.224. The van der Waals surface area contributed by atoms with E-state index in [2.05, 4.69) is 15.5 Å². The van der Waals surface area contributed by atoms with Crippen LogP contribution >= 0.6 is 57.9 Å². The molecule has 1 aromatic heterocycles. The Balaban J connectivity index is 2.23. The molecule has 0 unspecified atom stereocenters. The molecule has 0 saturated carbocycles. The molecule has 0 spiro atoms. The van der Waals surface area contributed by atoms with E-state index in [1.807, 2.05) is 6.92 Å². The molecule has 0 radical (unpaired) electrons.